The van der Waals surface area contributed by atoms with E-state index < -0.39 is 0 Å². The first-order chi connectivity index (χ1) is 12.7. The SMILES string of the molecule is COc1ccc(-c2nnc(CN(C)CCc3ccncc3)o2)cc1OC. The third kappa shape index (κ3) is 4.37. The van der Waals surface area contributed by atoms with Crippen molar-refractivity contribution in [2.24, 2.45) is 0 Å². The first-order valence-corrected chi connectivity index (χ1v) is 8.32. The van der Waals surface area contributed by atoms with E-state index in [4.69, 9.17) is 13.9 Å². The Bertz CT molecular complexity index is 836. The number of ether oxygens (including phenoxy) is 2. The minimum absolute atomic E-state index is 0.462. The molecule has 3 rings (SSSR count). The second kappa shape index (κ2) is 8.44. The smallest absolute Gasteiger partial charge is 0.247 e. The number of pyridine rings is 1. The number of rotatable bonds is 8. The summed E-state index contributed by atoms with van der Waals surface area (Å²) < 4.78 is 16.4. The normalized spacial score (nSPS) is 10.9. The third-order valence-corrected chi connectivity index (χ3v) is 4.03. The summed E-state index contributed by atoms with van der Waals surface area (Å²) in [6, 6.07) is 9.55. The molecule has 0 aliphatic carbocycles. The molecule has 0 aliphatic rings. The maximum absolute atomic E-state index is 5.80. The summed E-state index contributed by atoms with van der Waals surface area (Å²) in [6.07, 6.45) is 4.56. The second-order valence-electron chi connectivity index (χ2n) is 5.91. The third-order valence-electron chi connectivity index (χ3n) is 4.03. The molecule has 3 aromatic rings. The van der Waals surface area contributed by atoms with Crippen LogP contribution in [0.25, 0.3) is 11.5 Å². The molecule has 0 saturated carbocycles. The summed E-state index contributed by atoms with van der Waals surface area (Å²) in [6.45, 7) is 1.48. The Hall–Kier alpha value is -2.93. The zero-order chi connectivity index (χ0) is 18.4. The van der Waals surface area contributed by atoms with Crippen LogP contribution in [0.5, 0.6) is 11.5 Å². The van der Waals surface area contributed by atoms with Crippen LogP contribution in [0.2, 0.25) is 0 Å². The highest BCUT2D eigenvalue weighted by atomic mass is 16.5. The van der Waals surface area contributed by atoms with Crippen molar-refractivity contribution in [3.8, 4) is 23.0 Å². The van der Waals surface area contributed by atoms with Gasteiger partial charge in [0, 0.05) is 24.5 Å². The maximum Gasteiger partial charge on any atom is 0.247 e. The Kier molecular flexibility index (Phi) is 5.80. The monoisotopic (exact) mass is 354 g/mol. The average Bonchev–Trinajstić information content (AvgIpc) is 3.15. The summed E-state index contributed by atoms with van der Waals surface area (Å²) in [5.74, 6) is 2.32. The van der Waals surface area contributed by atoms with E-state index in [0.29, 0.717) is 29.8 Å². The number of hydrogen-bond donors (Lipinski definition) is 0. The van der Waals surface area contributed by atoms with Crippen LogP contribution >= 0.6 is 0 Å². The van der Waals surface area contributed by atoms with Gasteiger partial charge in [0.2, 0.25) is 11.8 Å². The van der Waals surface area contributed by atoms with Crippen molar-refractivity contribution < 1.29 is 13.9 Å². The van der Waals surface area contributed by atoms with Gasteiger partial charge in [-0.2, -0.15) is 0 Å². The number of nitrogens with zero attached hydrogens (tertiary/aromatic N) is 4. The molecule has 0 saturated heterocycles. The van der Waals surface area contributed by atoms with Crippen LogP contribution in [0.15, 0.2) is 47.1 Å². The fourth-order valence-electron chi connectivity index (χ4n) is 2.58. The topological polar surface area (TPSA) is 73.5 Å². The molecule has 0 radical (unpaired) electrons. The molecule has 0 fully saturated rings. The van der Waals surface area contributed by atoms with E-state index >= 15 is 0 Å². The summed E-state index contributed by atoms with van der Waals surface area (Å²) in [7, 11) is 5.23. The molecule has 0 N–H and O–H groups in total. The largest absolute Gasteiger partial charge is 0.493 e. The maximum atomic E-state index is 5.80. The first-order valence-electron chi connectivity index (χ1n) is 8.32. The molecule has 0 bridgehead atoms. The lowest BCUT2D eigenvalue weighted by molar-refractivity contribution is 0.293. The van der Waals surface area contributed by atoms with Gasteiger partial charge in [0.1, 0.15) is 0 Å². The summed E-state index contributed by atoms with van der Waals surface area (Å²) in [5.41, 5.74) is 2.05. The van der Waals surface area contributed by atoms with E-state index in [0.717, 1.165) is 18.5 Å². The molecule has 0 atom stereocenters. The van der Waals surface area contributed by atoms with Gasteiger partial charge in [-0.1, -0.05) is 0 Å². The molecule has 0 unspecified atom stereocenters. The van der Waals surface area contributed by atoms with Gasteiger partial charge in [-0.3, -0.25) is 9.88 Å². The highest BCUT2D eigenvalue weighted by molar-refractivity contribution is 5.59. The van der Waals surface area contributed by atoms with Crippen LogP contribution in [0, 0.1) is 0 Å². The van der Waals surface area contributed by atoms with Gasteiger partial charge in [-0.15, -0.1) is 10.2 Å². The van der Waals surface area contributed by atoms with Crippen LogP contribution in [0.3, 0.4) is 0 Å². The molecule has 2 aromatic heterocycles. The zero-order valence-electron chi connectivity index (χ0n) is 15.2. The molecular formula is C19H22N4O3. The van der Waals surface area contributed by atoms with Crippen molar-refractivity contribution >= 4 is 0 Å². The quantitative estimate of drug-likeness (QED) is 0.616. The van der Waals surface area contributed by atoms with E-state index in [2.05, 4.69) is 20.1 Å². The van der Waals surface area contributed by atoms with Gasteiger partial charge in [-0.05, 0) is 49.4 Å². The van der Waals surface area contributed by atoms with Crippen molar-refractivity contribution in [3.63, 3.8) is 0 Å². The summed E-state index contributed by atoms with van der Waals surface area (Å²) in [4.78, 5) is 6.18. The molecule has 136 valence electrons. The van der Waals surface area contributed by atoms with Gasteiger partial charge in [0.15, 0.2) is 11.5 Å². The Morgan fingerprint density at radius 2 is 1.77 bits per heavy atom. The molecule has 2 heterocycles. The molecular weight excluding hydrogens is 332 g/mol. The highest BCUT2D eigenvalue weighted by Gasteiger charge is 2.13. The molecule has 0 spiro atoms. The standard InChI is InChI=1S/C19H22N4O3/c1-23(11-8-14-6-9-20-10-7-14)13-18-21-22-19(26-18)15-4-5-16(24-2)17(12-15)25-3/h4-7,9-10,12H,8,11,13H2,1-3H3. The van der Waals surface area contributed by atoms with Gasteiger partial charge < -0.3 is 13.9 Å². The molecule has 0 amide bonds. The van der Waals surface area contributed by atoms with Crippen LogP contribution in [0.1, 0.15) is 11.5 Å². The minimum atomic E-state index is 0.462. The molecule has 7 heteroatoms. The highest BCUT2D eigenvalue weighted by Crippen LogP contribution is 2.31. The van der Waals surface area contributed by atoms with E-state index in [1.165, 1.54) is 5.56 Å². The molecule has 1 aromatic carbocycles. The Balaban J connectivity index is 1.62. The predicted molar refractivity (Wildman–Crippen MR) is 97.1 cm³/mol. The lowest BCUT2D eigenvalue weighted by Crippen LogP contribution is -2.20. The molecule has 7 nitrogen and oxygen atoms in total. The fourth-order valence-corrected chi connectivity index (χ4v) is 2.58. The lowest BCUT2D eigenvalue weighted by Gasteiger charge is -2.13. The van der Waals surface area contributed by atoms with Crippen molar-refractivity contribution in [1.29, 1.82) is 0 Å². The zero-order valence-corrected chi connectivity index (χ0v) is 15.2. The van der Waals surface area contributed by atoms with Crippen LogP contribution in [0.4, 0.5) is 0 Å². The van der Waals surface area contributed by atoms with Crippen molar-refractivity contribution in [1.82, 2.24) is 20.1 Å². The van der Waals surface area contributed by atoms with Crippen molar-refractivity contribution in [3.05, 3.63) is 54.2 Å². The van der Waals surface area contributed by atoms with E-state index in [-0.39, 0.29) is 0 Å². The van der Waals surface area contributed by atoms with Crippen molar-refractivity contribution in [2.45, 2.75) is 13.0 Å². The second-order valence-corrected chi connectivity index (χ2v) is 5.91. The average molecular weight is 354 g/mol. The van der Waals surface area contributed by atoms with E-state index in [1.54, 1.807) is 14.2 Å². The number of methoxy groups -OCH3 is 2. The lowest BCUT2D eigenvalue weighted by atomic mass is 10.2. The van der Waals surface area contributed by atoms with Crippen molar-refractivity contribution in [2.75, 3.05) is 27.8 Å². The van der Waals surface area contributed by atoms with Crippen LogP contribution < -0.4 is 9.47 Å². The van der Waals surface area contributed by atoms with Gasteiger partial charge >= 0.3 is 0 Å². The Morgan fingerprint density at radius 3 is 2.50 bits per heavy atom. The predicted octanol–water partition coefficient (Wildman–Crippen LogP) is 2.82. The number of aromatic nitrogens is 3. The molecule has 26 heavy (non-hydrogen) atoms. The number of likely N-dealkylation sites (N-methyl/N-ethyl adjacent to an activating group) is 1. The fraction of sp³-hybridized carbons (Fsp3) is 0.316. The number of hydrogen-bond acceptors (Lipinski definition) is 7. The number of benzene rings is 1. The van der Waals surface area contributed by atoms with Gasteiger partial charge in [-0.25, -0.2) is 0 Å². The van der Waals surface area contributed by atoms with E-state index in [1.807, 2.05) is 49.8 Å². The molecule has 0 aliphatic heterocycles. The summed E-state index contributed by atoms with van der Waals surface area (Å²) in [5, 5.41) is 8.29. The minimum Gasteiger partial charge on any atom is -0.493 e. The Labute approximate surface area is 152 Å². The summed E-state index contributed by atoms with van der Waals surface area (Å²) >= 11 is 0. The van der Waals surface area contributed by atoms with Crippen LogP contribution in [-0.4, -0.2) is 47.9 Å². The Morgan fingerprint density at radius 1 is 1.00 bits per heavy atom. The van der Waals surface area contributed by atoms with E-state index in [9.17, 15) is 0 Å². The van der Waals surface area contributed by atoms with Crippen LogP contribution in [-0.2, 0) is 13.0 Å². The first kappa shape index (κ1) is 17.9. The van der Waals surface area contributed by atoms with Gasteiger partial charge in [0.25, 0.3) is 0 Å². The van der Waals surface area contributed by atoms with Gasteiger partial charge in [0.05, 0.1) is 20.8 Å².